The number of hydrogen-bond donors (Lipinski definition) is 1. The first-order valence-corrected chi connectivity index (χ1v) is 5.70. The van der Waals surface area contributed by atoms with Crippen LogP contribution in [0.5, 0.6) is 0 Å². The summed E-state index contributed by atoms with van der Waals surface area (Å²) in [5.74, 6) is 0.987. The van der Waals surface area contributed by atoms with Crippen LogP contribution in [-0.2, 0) is 0 Å². The van der Waals surface area contributed by atoms with E-state index in [9.17, 15) is 13.2 Å². The molecule has 0 aliphatic heterocycles. The van der Waals surface area contributed by atoms with Gasteiger partial charge in [0.1, 0.15) is 5.82 Å². The van der Waals surface area contributed by atoms with E-state index < -0.39 is 12.6 Å². The van der Waals surface area contributed by atoms with Crippen molar-refractivity contribution in [1.82, 2.24) is 14.4 Å². The number of halogens is 3. The lowest BCUT2D eigenvalue weighted by Crippen LogP contribution is -2.25. The molecule has 1 N–H and O–H groups in total. The first-order chi connectivity index (χ1) is 8.90. The van der Waals surface area contributed by atoms with Crippen LogP contribution in [0.2, 0.25) is 0 Å². The number of fused-ring (bicyclic) bond motifs is 1. The lowest BCUT2D eigenvalue weighted by Gasteiger charge is -2.20. The quantitative estimate of drug-likeness (QED) is 0.927. The molecule has 104 valence electrons. The molecule has 8 heteroatoms. The number of alkyl halides is 3. The molecule has 0 aliphatic carbocycles. The summed E-state index contributed by atoms with van der Waals surface area (Å²) in [5.41, 5.74) is 0.531. The lowest BCUT2D eigenvalue weighted by molar-refractivity contribution is -0.132. The van der Waals surface area contributed by atoms with Crippen LogP contribution in [0.25, 0.3) is 5.65 Å². The molecule has 0 aromatic carbocycles. The second-order valence-corrected chi connectivity index (χ2v) is 4.14. The second kappa shape index (κ2) is 4.94. The maximum absolute atomic E-state index is 12.3. The van der Waals surface area contributed by atoms with E-state index in [2.05, 4.69) is 15.3 Å². The summed E-state index contributed by atoms with van der Waals surface area (Å²) in [6, 6.07) is 0. The molecule has 0 atom stereocenters. The topological polar surface area (TPSA) is 45.5 Å². The van der Waals surface area contributed by atoms with Gasteiger partial charge >= 0.3 is 6.18 Å². The molecule has 19 heavy (non-hydrogen) atoms. The average molecular weight is 273 g/mol. The number of rotatable bonds is 4. The van der Waals surface area contributed by atoms with E-state index in [1.807, 2.05) is 0 Å². The first-order valence-electron chi connectivity index (χ1n) is 5.70. The van der Waals surface area contributed by atoms with Gasteiger partial charge in [0.25, 0.3) is 0 Å². The standard InChI is InChI=1S/C11H14F3N5/c1-15-8-7-19-6-4-16-9(19)10(17-8)18(2)5-3-11(12,13)14/h4,6-7,15H,3,5H2,1-2H3. The number of nitrogens with zero attached hydrogens (tertiary/aromatic N) is 4. The van der Waals surface area contributed by atoms with Gasteiger partial charge in [-0.15, -0.1) is 0 Å². The largest absolute Gasteiger partial charge is 0.390 e. The average Bonchev–Trinajstić information content (AvgIpc) is 2.81. The molecule has 0 saturated heterocycles. The van der Waals surface area contributed by atoms with E-state index in [0.717, 1.165) is 0 Å². The van der Waals surface area contributed by atoms with Gasteiger partial charge in [0.2, 0.25) is 0 Å². The fourth-order valence-electron chi connectivity index (χ4n) is 1.69. The van der Waals surface area contributed by atoms with Gasteiger partial charge in [-0.25, -0.2) is 9.97 Å². The minimum absolute atomic E-state index is 0.161. The first kappa shape index (κ1) is 13.4. The monoisotopic (exact) mass is 273 g/mol. The highest BCUT2D eigenvalue weighted by Gasteiger charge is 2.27. The number of aromatic nitrogens is 3. The van der Waals surface area contributed by atoms with Gasteiger partial charge in [-0.05, 0) is 0 Å². The molecule has 0 unspecified atom stereocenters. The molecular formula is C11H14F3N5. The molecule has 0 aliphatic rings. The highest BCUT2D eigenvalue weighted by Crippen LogP contribution is 2.23. The number of anilines is 2. The van der Waals surface area contributed by atoms with Gasteiger partial charge in [0.05, 0.1) is 12.6 Å². The summed E-state index contributed by atoms with van der Waals surface area (Å²) >= 11 is 0. The zero-order valence-corrected chi connectivity index (χ0v) is 10.6. The molecule has 0 radical (unpaired) electrons. The molecule has 0 saturated carbocycles. The van der Waals surface area contributed by atoms with Gasteiger partial charge in [-0.2, -0.15) is 13.2 Å². The molecule has 2 aromatic rings. The fourth-order valence-corrected chi connectivity index (χ4v) is 1.69. The molecule has 0 fully saturated rings. The van der Waals surface area contributed by atoms with Crippen molar-refractivity contribution in [3.63, 3.8) is 0 Å². The summed E-state index contributed by atoms with van der Waals surface area (Å²) in [5, 5.41) is 2.87. The van der Waals surface area contributed by atoms with Crippen LogP contribution >= 0.6 is 0 Å². The number of nitrogens with one attached hydrogen (secondary N) is 1. The Kier molecular flexibility index (Phi) is 3.50. The van der Waals surface area contributed by atoms with Crippen LogP contribution in [0.1, 0.15) is 6.42 Å². The third-order valence-electron chi connectivity index (χ3n) is 2.70. The Morgan fingerprint density at radius 1 is 1.42 bits per heavy atom. The Balaban J connectivity index is 2.29. The summed E-state index contributed by atoms with van der Waals surface area (Å²) < 4.78 is 38.5. The lowest BCUT2D eigenvalue weighted by atomic mass is 10.4. The molecule has 0 bridgehead atoms. The molecule has 2 heterocycles. The van der Waals surface area contributed by atoms with Crippen molar-refractivity contribution < 1.29 is 13.2 Å². The smallest absolute Gasteiger partial charge is 0.372 e. The highest BCUT2D eigenvalue weighted by atomic mass is 19.4. The molecule has 0 amide bonds. The number of hydrogen-bond acceptors (Lipinski definition) is 4. The summed E-state index contributed by atoms with van der Waals surface area (Å²) in [6.45, 7) is -0.161. The third-order valence-corrected chi connectivity index (χ3v) is 2.70. The van der Waals surface area contributed by atoms with Crippen molar-refractivity contribution in [3.8, 4) is 0 Å². The van der Waals surface area contributed by atoms with Gasteiger partial charge < -0.3 is 14.6 Å². The Morgan fingerprint density at radius 2 is 2.16 bits per heavy atom. The van der Waals surface area contributed by atoms with Crippen molar-refractivity contribution in [2.24, 2.45) is 0 Å². The zero-order valence-electron chi connectivity index (χ0n) is 10.6. The molecular weight excluding hydrogens is 259 g/mol. The Hall–Kier alpha value is -1.99. The predicted octanol–water partition coefficient (Wildman–Crippen LogP) is 2.16. The Labute approximate surface area is 108 Å². The molecule has 2 rings (SSSR count). The number of imidazole rings is 1. The van der Waals surface area contributed by atoms with Crippen LogP contribution in [0.3, 0.4) is 0 Å². The minimum atomic E-state index is -4.18. The van der Waals surface area contributed by atoms with E-state index >= 15 is 0 Å². The third kappa shape index (κ3) is 3.07. The van der Waals surface area contributed by atoms with E-state index in [4.69, 9.17) is 0 Å². The van der Waals surface area contributed by atoms with E-state index in [1.54, 1.807) is 37.1 Å². The maximum Gasteiger partial charge on any atom is 0.390 e. The second-order valence-electron chi connectivity index (χ2n) is 4.14. The van der Waals surface area contributed by atoms with Gasteiger partial charge in [0.15, 0.2) is 11.5 Å². The highest BCUT2D eigenvalue weighted by molar-refractivity contribution is 5.66. The predicted molar refractivity (Wildman–Crippen MR) is 66.5 cm³/mol. The van der Waals surface area contributed by atoms with Crippen LogP contribution < -0.4 is 10.2 Å². The summed E-state index contributed by atoms with van der Waals surface area (Å²) in [4.78, 5) is 9.82. The summed E-state index contributed by atoms with van der Waals surface area (Å²) in [6.07, 6.45) is -0.0393. The molecule has 2 aromatic heterocycles. The molecule has 5 nitrogen and oxygen atoms in total. The fraction of sp³-hybridized carbons (Fsp3) is 0.455. The SMILES string of the molecule is CNc1cn2ccnc2c(N(C)CCC(F)(F)F)n1. The van der Waals surface area contributed by atoms with Crippen molar-refractivity contribution in [1.29, 1.82) is 0 Å². The van der Waals surface area contributed by atoms with Crippen LogP contribution in [0.4, 0.5) is 24.8 Å². The van der Waals surface area contributed by atoms with E-state index in [0.29, 0.717) is 17.3 Å². The van der Waals surface area contributed by atoms with Gasteiger partial charge in [-0.3, -0.25) is 0 Å². The van der Waals surface area contributed by atoms with Crippen molar-refractivity contribution >= 4 is 17.3 Å². The summed E-state index contributed by atoms with van der Waals surface area (Å²) in [7, 11) is 3.27. The van der Waals surface area contributed by atoms with Crippen molar-refractivity contribution in [2.75, 3.05) is 30.9 Å². The molecule has 0 spiro atoms. The van der Waals surface area contributed by atoms with Crippen LogP contribution in [0.15, 0.2) is 18.6 Å². The van der Waals surface area contributed by atoms with Gasteiger partial charge in [-0.1, -0.05) is 0 Å². The Bertz CT molecular complexity index is 563. The van der Waals surface area contributed by atoms with Crippen molar-refractivity contribution in [3.05, 3.63) is 18.6 Å². The van der Waals surface area contributed by atoms with Crippen molar-refractivity contribution in [2.45, 2.75) is 12.6 Å². The van der Waals surface area contributed by atoms with E-state index in [1.165, 1.54) is 4.90 Å². The minimum Gasteiger partial charge on any atom is -0.372 e. The van der Waals surface area contributed by atoms with Gasteiger partial charge in [0, 0.05) is 33.0 Å². The Morgan fingerprint density at radius 3 is 2.79 bits per heavy atom. The van der Waals surface area contributed by atoms with E-state index in [-0.39, 0.29) is 6.54 Å². The van der Waals surface area contributed by atoms with Crippen LogP contribution in [-0.4, -0.2) is 41.2 Å². The normalized spacial score (nSPS) is 11.8. The van der Waals surface area contributed by atoms with Crippen LogP contribution in [0, 0.1) is 0 Å². The zero-order chi connectivity index (χ0) is 14.0. The maximum atomic E-state index is 12.3.